The predicted octanol–water partition coefficient (Wildman–Crippen LogP) is 3.31. The first kappa shape index (κ1) is 17.8. The molecule has 28 heavy (non-hydrogen) atoms. The van der Waals surface area contributed by atoms with Crippen LogP contribution in [0.15, 0.2) is 42.6 Å². The van der Waals surface area contributed by atoms with E-state index in [2.05, 4.69) is 35.8 Å². The first-order valence-electron chi connectivity index (χ1n) is 8.19. The summed E-state index contributed by atoms with van der Waals surface area (Å²) < 4.78 is 14.2. The van der Waals surface area contributed by atoms with Crippen LogP contribution in [0.1, 0.15) is 10.5 Å². The molecule has 0 spiro atoms. The zero-order valence-electron chi connectivity index (χ0n) is 14.5. The van der Waals surface area contributed by atoms with Gasteiger partial charge >= 0.3 is 0 Å². The number of imidazole rings is 1. The Balaban J connectivity index is 1.71. The van der Waals surface area contributed by atoms with Crippen LogP contribution >= 0.6 is 11.6 Å². The lowest BCUT2D eigenvalue weighted by Gasteiger charge is -2.05. The number of benzene rings is 1. The van der Waals surface area contributed by atoms with E-state index >= 15 is 0 Å². The molecule has 4 rings (SSSR count). The molecule has 8 nitrogen and oxygen atoms in total. The summed E-state index contributed by atoms with van der Waals surface area (Å²) in [5.41, 5.74) is 1.49. The molecule has 0 unspecified atom stereocenters. The maximum atomic E-state index is 14.2. The van der Waals surface area contributed by atoms with E-state index in [-0.39, 0.29) is 28.0 Å². The zero-order valence-corrected chi connectivity index (χ0v) is 15.3. The van der Waals surface area contributed by atoms with E-state index in [0.717, 1.165) is 0 Å². The van der Waals surface area contributed by atoms with Crippen LogP contribution in [-0.2, 0) is 0 Å². The van der Waals surface area contributed by atoms with Crippen molar-refractivity contribution in [2.24, 2.45) is 0 Å². The summed E-state index contributed by atoms with van der Waals surface area (Å²) in [5.74, 6) is 0.244. The summed E-state index contributed by atoms with van der Waals surface area (Å²) in [6.45, 7) is 0. The number of amides is 1. The first-order valence-corrected chi connectivity index (χ1v) is 8.56. The van der Waals surface area contributed by atoms with Gasteiger partial charge in [0.15, 0.2) is 17.3 Å². The second-order valence-electron chi connectivity index (χ2n) is 5.75. The Hall–Kier alpha value is -3.59. The molecule has 0 saturated carbocycles. The van der Waals surface area contributed by atoms with Gasteiger partial charge in [0, 0.05) is 13.2 Å². The van der Waals surface area contributed by atoms with Crippen molar-refractivity contribution in [2.45, 2.75) is 0 Å². The largest absolute Gasteiger partial charge is 0.354 e. The van der Waals surface area contributed by atoms with Crippen molar-refractivity contribution in [1.29, 1.82) is 0 Å². The van der Waals surface area contributed by atoms with Gasteiger partial charge in [-0.3, -0.25) is 4.79 Å². The maximum absolute atomic E-state index is 14.2. The standard InChI is InChI=1S/C18H13ClFN7O/c1-21-18(28)12-5-6-13(27-26-12)24-17-15-11(7-8-22-17)23-16(25-15)14-9(19)3-2-4-10(14)20/h2-8H,1H3,(H,21,28)(H,23,25)(H,22,24,27). The zero-order chi connectivity index (χ0) is 19.7. The molecular weight excluding hydrogens is 385 g/mol. The molecule has 0 aliphatic carbocycles. The van der Waals surface area contributed by atoms with E-state index in [9.17, 15) is 9.18 Å². The molecule has 0 bridgehead atoms. The third-order valence-electron chi connectivity index (χ3n) is 3.97. The molecule has 10 heteroatoms. The van der Waals surface area contributed by atoms with Crippen LogP contribution in [0.3, 0.4) is 0 Å². The summed E-state index contributed by atoms with van der Waals surface area (Å²) in [5, 5.41) is 13.5. The van der Waals surface area contributed by atoms with E-state index < -0.39 is 5.82 Å². The number of nitrogens with zero attached hydrogens (tertiary/aromatic N) is 4. The van der Waals surface area contributed by atoms with Gasteiger partial charge < -0.3 is 15.6 Å². The molecule has 0 atom stereocenters. The number of aromatic amines is 1. The van der Waals surface area contributed by atoms with Gasteiger partial charge in [0.2, 0.25) is 0 Å². The van der Waals surface area contributed by atoms with Gasteiger partial charge in [-0.25, -0.2) is 14.4 Å². The first-order chi connectivity index (χ1) is 13.6. The van der Waals surface area contributed by atoms with Crippen LogP contribution in [0.5, 0.6) is 0 Å². The highest BCUT2D eigenvalue weighted by Crippen LogP contribution is 2.31. The summed E-state index contributed by atoms with van der Waals surface area (Å²) in [4.78, 5) is 23.3. The van der Waals surface area contributed by atoms with Crippen molar-refractivity contribution in [3.63, 3.8) is 0 Å². The van der Waals surface area contributed by atoms with Gasteiger partial charge in [-0.15, -0.1) is 10.2 Å². The molecule has 3 N–H and O–H groups in total. The van der Waals surface area contributed by atoms with Crippen LogP contribution in [0.25, 0.3) is 22.4 Å². The molecule has 0 aliphatic rings. The fraction of sp³-hybridized carbons (Fsp3) is 0.0556. The third-order valence-corrected chi connectivity index (χ3v) is 4.29. The fourth-order valence-electron chi connectivity index (χ4n) is 2.64. The molecule has 1 amide bonds. The Bertz CT molecular complexity index is 1160. The summed E-state index contributed by atoms with van der Waals surface area (Å²) in [6.07, 6.45) is 1.57. The number of carbonyl (C=O) groups is 1. The number of hydrogen-bond acceptors (Lipinski definition) is 6. The summed E-state index contributed by atoms with van der Waals surface area (Å²) in [7, 11) is 1.51. The number of fused-ring (bicyclic) bond motifs is 1. The van der Waals surface area contributed by atoms with E-state index in [1.165, 1.54) is 25.2 Å². The number of rotatable bonds is 4. The van der Waals surface area contributed by atoms with Crippen LogP contribution in [0, 0.1) is 5.82 Å². The van der Waals surface area contributed by atoms with Crippen molar-refractivity contribution in [3.05, 3.63) is 59.1 Å². The second kappa shape index (κ2) is 7.20. The van der Waals surface area contributed by atoms with E-state index in [4.69, 9.17) is 11.6 Å². The van der Waals surface area contributed by atoms with Gasteiger partial charge in [-0.1, -0.05) is 17.7 Å². The average molecular weight is 398 g/mol. The van der Waals surface area contributed by atoms with Gasteiger partial charge in [-0.2, -0.15) is 0 Å². The minimum atomic E-state index is -0.482. The lowest BCUT2D eigenvalue weighted by Crippen LogP contribution is -2.19. The molecule has 1 aromatic carbocycles. The Morgan fingerprint density at radius 3 is 2.75 bits per heavy atom. The van der Waals surface area contributed by atoms with Crippen LogP contribution in [-0.4, -0.2) is 38.1 Å². The average Bonchev–Trinajstić information content (AvgIpc) is 3.12. The molecule has 140 valence electrons. The van der Waals surface area contributed by atoms with Crippen LogP contribution < -0.4 is 10.6 Å². The Morgan fingerprint density at radius 1 is 1.18 bits per heavy atom. The van der Waals surface area contributed by atoms with Crippen molar-refractivity contribution in [1.82, 2.24) is 30.5 Å². The second-order valence-corrected chi connectivity index (χ2v) is 6.15. The van der Waals surface area contributed by atoms with Crippen LogP contribution in [0.2, 0.25) is 5.02 Å². The maximum Gasteiger partial charge on any atom is 0.271 e. The SMILES string of the molecule is CNC(=O)c1ccc(Nc2nccc3[nH]c(-c4c(F)cccc4Cl)nc23)nn1. The number of nitrogens with one attached hydrogen (secondary N) is 3. The number of anilines is 2. The smallest absolute Gasteiger partial charge is 0.271 e. The van der Waals surface area contributed by atoms with Crippen molar-refractivity contribution in [3.8, 4) is 11.4 Å². The normalized spacial score (nSPS) is 10.8. The molecule has 0 saturated heterocycles. The highest BCUT2D eigenvalue weighted by Gasteiger charge is 2.16. The van der Waals surface area contributed by atoms with Crippen molar-refractivity contribution < 1.29 is 9.18 Å². The number of halogens is 2. The summed E-state index contributed by atoms with van der Waals surface area (Å²) in [6, 6.07) is 9.28. The monoisotopic (exact) mass is 397 g/mol. The molecule has 0 aliphatic heterocycles. The van der Waals surface area contributed by atoms with Crippen LogP contribution in [0.4, 0.5) is 16.0 Å². The Kier molecular flexibility index (Phi) is 4.58. The number of hydrogen-bond donors (Lipinski definition) is 3. The molecule has 3 aromatic heterocycles. The molecular formula is C18H13ClFN7O. The highest BCUT2D eigenvalue weighted by atomic mass is 35.5. The van der Waals surface area contributed by atoms with E-state index in [1.54, 1.807) is 24.4 Å². The number of carbonyl (C=O) groups excluding carboxylic acids is 1. The van der Waals surface area contributed by atoms with Crippen molar-refractivity contribution >= 4 is 40.2 Å². The molecule has 0 radical (unpaired) electrons. The topological polar surface area (TPSA) is 108 Å². The fourth-order valence-corrected chi connectivity index (χ4v) is 2.89. The quantitative estimate of drug-likeness (QED) is 0.487. The number of H-pyrrole nitrogens is 1. The Morgan fingerprint density at radius 2 is 2.04 bits per heavy atom. The number of aromatic nitrogens is 5. The highest BCUT2D eigenvalue weighted by molar-refractivity contribution is 6.33. The minimum Gasteiger partial charge on any atom is -0.354 e. The molecule has 4 aromatic rings. The van der Waals surface area contributed by atoms with E-state index in [0.29, 0.717) is 22.7 Å². The molecule has 3 heterocycles. The summed E-state index contributed by atoms with van der Waals surface area (Å²) >= 11 is 6.13. The lowest BCUT2D eigenvalue weighted by atomic mass is 10.2. The lowest BCUT2D eigenvalue weighted by molar-refractivity contribution is 0.0957. The molecule has 0 fully saturated rings. The van der Waals surface area contributed by atoms with Gasteiger partial charge in [0.05, 0.1) is 16.1 Å². The Labute approximate surface area is 163 Å². The minimum absolute atomic E-state index is 0.182. The third kappa shape index (κ3) is 3.23. The van der Waals surface area contributed by atoms with E-state index in [1.807, 2.05) is 0 Å². The van der Waals surface area contributed by atoms with Gasteiger partial charge in [0.25, 0.3) is 5.91 Å². The van der Waals surface area contributed by atoms with Gasteiger partial charge in [0.1, 0.15) is 17.2 Å². The predicted molar refractivity (Wildman–Crippen MR) is 103 cm³/mol. The van der Waals surface area contributed by atoms with Gasteiger partial charge in [-0.05, 0) is 30.3 Å². The van der Waals surface area contributed by atoms with Crippen molar-refractivity contribution in [2.75, 3.05) is 12.4 Å². The number of pyridine rings is 1.